The molecule has 0 aliphatic rings. The van der Waals surface area contributed by atoms with Gasteiger partial charge in [0.2, 0.25) is 0 Å². The lowest BCUT2D eigenvalue weighted by Gasteiger charge is -2.25. The minimum absolute atomic E-state index is 0.263. The number of nitrogens with zero attached hydrogens (tertiary/aromatic N) is 1. The van der Waals surface area contributed by atoms with Crippen molar-refractivity contribution in [1.82, 2.24) is 5.32 Å². The minimum atomic E-state index is -0.555. The van der Waals surface area contributed by atoms with Gasteiger partial charge in [-0.3, -0.25) is 4.79 Å². The second-order valence-corrected chi connectivity index (χ2v) is 7.06. The van der Waals surface area contributed by atoms with Gasteiger partial charge in [0.05, 0.1) is 11.6 Å². The molecule has 0 radical (unpaired) electrons. The third kappa shape index (κ3) is 7.25. The Morgan fingerprint density at radius 3 is 2.52 bits per heavy atom. The molecule has 0 heterocycles. The van der Waals surface area contributed by atoms with Gasteiger partial charge in [-0.2, -0.15) is 5.26 Å². The van der Waals surface area contributed by atoms with Crippen LogP contribution < -0.4 is 5.32 Å². The third-order valence-corrected chi connectivity index (χ3v) is 3.04. The molecule has 0 bridgehead atoms. The van der Waals surface area contributed by atoms with Crippen molar-refractivity contribution in [3.63, 3.8) is 0 Å². The maximum Gasteiger partial charge on any atom is 0.323 e. The Kier molecular flexibility index (Phi) is 6.71. The molecule has 0 unspecified atom stereocenters. The smallest absolute Gasteiger partial charge is 0.323 e. The number of benzene rings is 1. The van der Waals surface area contributed by atoms with E-state index in [0.717, 1.165) is 0 Å². The normalized spacial score (nSPS) is 12.8. The van der Waals surface area contributed by atoms with Crippen LogP contribution in [0.5, 0.6) is 0 Å². The van der Waals surface area contributed by atoms with Crippen LogP contribution in [-0.4, -0.2) is 17.6 Å². The fourth-order valence-electron chi connectivity index (χ4n) is 2.17. The average Bonchev–Trinajstić information content (AvgIpc) is 2.40. The van der Waals surface area contributed by atoms with E-state index in [1.807, 2.05) is 40.7 Å². The topological polar surface area (TPSA) is 62.1 Å². The molecule has 0 saturated carbocycles. The van der Waals surface area contributed by atoms with Crippen LogP contribution in [0.25, 0.3) is 0 Å². The summed E-state index contributed by atoms with van der Waals surface area (Å²) in [5.74, 6) is -0.469. The second kappa shape index (κ2) is 8.07. The van der Waals surface area contributed by atoms with Gasteiger partial charge in [-0.25, -0.2) is 4.39 Å². The molecule has 0 aromatic heterocycles. The van der Waals surface area contributed by atoms with Crippen LogP contribution in [0.4, 0.5) is 4.39 Å². The van der Waals surface area contributed by atoms with Crippen LogP contribution in [0.2, 0.25) is 0 Å². The van der Waals surface area contributed by atoms with E-state index in [9.17, 15) is 9.18 Å². The van der Waals surface area contributed by atoms with Crippen molar-refractivity contribution in [1.29, 1.82) is 5.26 Å². The van der Waals surface area contributed by atoms with E-state index in [-0.39, 0.29) is 11.5 Å². The van der Waals surface area contributed by atoms with E-state index in [0.29, 0.717) is 24.4 Å². The van der Waals surface area contributed by atoms with Gasteiger partial charge in [0.15, 0.2) is 0 Å². The zero-order valence-electron chi connectivity index (χ0n) is 14.4. The number of carbonyl (C=O) groups is 1. The SMILES string of the molecule is CC(C)C[C@@H](NCc1cc(F)cc(C#N)c1)C(=O)OC(C)(C)C. The Bertz CT molecular complexity index is 586. The molecule has 23 heavy (non-hydrogen) atoms. The molecular weight excluding hydrogens is 295 g/mol. The molecule has 0 aliphatic carbocycles. The van der Waals surface area contributed by atoms with E-state index >= 15 is 0 Å². The van der Waals surface area contributed by atoms with Crippen molar-refractivity contribution < 1.29 is 13.9 Å². The summed E-state index contributed by atoms with van der Waals surface area (Å²) in [5.41, 5.74) is 0.333. The third-order valence-electron chi connectivity index (χ3n) is 3.04. The van der Waals surface area contributed by atoms with E-state index in [1.165, 1.54) is 12.1 Å². The van der Waals surface area contributed by atoms with E-state index in [4.69, 9.17) is 10.00 Å². The summed E-state index contributed by atoms with van der Waals surface area (Å²) in [4.78, 5) is 12.3. The second-order valence-electron chi connectivity index (χ2n) is 7.06. The average molecular weight is 320 g/mol. The van der Waals surface area contributed by atoms with Crippen molar-refractivity contribution >= 4 is 5.97 Å². The predicted octanol–water partition coefficient (Wildman–Crippen LogP) is 3.54. The van der Waals surface area contributed by atoms with Crippen molar-refractivity contribution in [3.05, 3.63) is 35.1 Å². The number of hydrogen-bond donors (Lipinski definition) is 1. The van der Waals surface area contributed by atoms with Crippen LogP contribution >= 0.6 is 0 Å². The molecule has 1 aromatic rings. The lowest BCUT2D eigenvalue weighted by atomic mass is 10.0. The van der Waals surface area contributed by atoms with Crippen LogP contribution in [0.15, 0.2) is 18.2 Å². The lowest BCUT2D eigenvalue weighted by Crippen LogP contribution is -2.41. The minimum Gasteiger partial charge on any atom is -0.459 e. The molecule has 1 atom stereocenters. The lowest BCUT2D eigenvalue weighted by molar-refractivity contribution is -0.158. The highest BCUT2D eigenvalue weighted by atomic mass is 19.1. The number of nitriles is 1. The zero-order chi connectivity index (χ0) is 17.6. The summed E-state index contributed by atoms with van der Waals surface area (Å²) in [6.45, 7) is 9.81. The maximum atomic E-state index is 13.5. The number of carbonyl (C=O) groups excluding carboxylic acids is 1. The molecule has 1 N–H and O–H groups in total. The molecule has 1 rings (SSSR count). The van der Waals surface area contributed by atoms with Crippen molar-refractivity contribution in [2.75, 3.05) is 0 Å². The van der Waals surface area contributed by atoms with Crippen LogP contribution in [0.3, 0.4) is 0 Å². The number of nitrogens with one attached hydrogen (secondary N) is 1. The molecule has 0 saturated heterocycles. The number of ether oxygens (including phenoxy) is 1. The molecule has 4 nitrogen and oxygen atoms in total. The van der Waals surface area contributed by atoms with Crippen molar-refractivity contribution in [3.8, 4) is 6.07 Å². The summed E-state index contributed by atoms with van der Waals surface area (Å²) in [6, 6.07) is 5.60. The summed E-state index contributed by atoms with van der Waals surface area (Å²) >= 11 is 0. The van der Waals surface area contributed by atoms with Crippen LogP contribution in [0, 0.1) is 23.1 Å². The standard InChI is InChI=1S/C18H25FN2O2/c1-12(2)6-16(17(22)23-18(3,4)5)21-11-14-7-13(10-20)8-15(19)9-14/h7-9,12,16,21H,6,11H2,1-5H3/t16-/m1/s1. The fourth-order valence-corrected chi connectivity index (χ4v) is 2.17. The first-order chi connectivity index (χ1) is 10.6. The van der Waals surface area contributed by atoms with Gasteiger partial charge in [-0.15, -0.1) is 0 Å². The van der Waals surface area contributed by atoms with E-state index in [1.54, 1.807) is 6.07 Å². The highest BCUT2D eigenvalue weighted by Gasteiger charge is 2.25. The monoisotopic (exact) mass is 320 g/mol. The quantitative estimate of drug-likeness (QED) is 0.814. The van der Waals surface area contributed by atoms with Gasteiger partial charge >= 0.3 is 5.97 Å². The van der Waals surface area contributed by atoms with E-state index in [2.05, 4.69) is 5.32 Å². The summed E-state index contributed by atoms with van der Waals surface area (Å²) in [5, 5.41) is 12.0. The van der Waals surface area contributed by atoms with Gasteiger partial charge in [-0.1, -0.05) is 13.8 Å². The molecule has 0 spiro atoms. The highest BCUT2D eigenvalue weighted by molar-refractivity contribution is 5.76. The highest BCUT2D eigenvalue weighted by Crippen LogP contribution is 2.14. The van der Waals surface area contributed by atoms with Gasteiger partial charge in [-0.05, 0) is 56.9 Å². The summed E-state index contributed by atoms with van der Waals surface area (Å²) in [6.07, 6.45) is 0.620. The van der Waals surface area contributed by atoms with Crippen molar-refractivity contribution in [2.45, 2.75) is 59.2 Å². The molecule has 126 valence electrons. The number of halogens is 1. The predicted molar refractivity (Wildman–Crippen MR) is 87.0 cm³/mol. The van der Waals surface area contributed by atoms with Gasteiger partial charge in [0.1, 0.15) is 17.5 Å². The van der Waals surface area contributed by atoms with Crippen LogP contribution in [-0.2, 0) is 16.1 Å². The molecule has 1 aromatic carbocycles. The summed E-state index contributed by atoms with van der Waals surface area (Å²) in [7, 11) is 0. The largest absolute Gasteiger partial charge is 0.459 e. The molecular formula is C18H25FN2O2. The Labute approximate surface area is 137 Å². The fraction of sp³-hybridized carbons (Fsp3) is 0.556. The number of hydrogen-bond acceptors (Lipinski definition) is 4. The van der Waals surface area contributed by atoms with Gasteiger partial charge in [0, 0.05) is 6.54 Å². The number of esters is 1. The van der Waals surface area contributed by atoms with E-state index < -0.39 is 17.5 Å². The Morgan fingerprint density at radius 2 is 2.00 bits per heavy atom. The molecule has 0 amide bonds. The Hall–Kier alpha value is -1.93. The molecule has 5 heteroatoms. The zero-order valence-corrected chi connectivity index (χ0v) is 14.4. The van der Waals surface area contributed by atoms with Crippen molar-refractivity contribution in [2.24, 2.45) is 5.92 Å². The van der Waals surface area contributed by atoms with Crippen LogP contribution in [0.1, 0.15) is 52.2 Å². The Balaban J connectivity index is 2.80. The maximum absolute atomic E-state index is 13.5. The van der Waals surface area contributed by atoms with Gasteiger partial charge < -0.3 is 10.1 Å². The first-order valence-corrected chi connectivity index (χ1v) is 7.76. The van der Waals surface area contributed by atoms with Gasteiger partial charge in [0.25, 0.3) is 0 Å². The molecule has 0 fully saturated rings. The Morgan fingerprint density at radius 1 is 1.35 bits per heavy atom. The molecule has 0 aliphatic heterocycles. The summed E-state index contributed by atoms with van der Waals surface area (Å²) < 4.78 is 18.9. The first-order valence-electron chi connectivity index (χ1n) is 7.76. The first kappa shape index (κ1) is 19.1. The number of rotatable bonds is 6.